The highest BCUT2D eigenvalue weighted by molar-refractivity contribution is 6.04. The zero-order chi connectivity index (χ0) is 25.1. The van der Waals surface area contributed by atoms with Crippen molar-refractivity contribution >= 4 is 11.8 Å². The van der Waals surface area contributed by atoms with E-state index in [0.717, 1.165) is 22.6 Å². The van der Waals surface area contributed by atoms with E-state index in [1.54, 1.807) is 14.2 Å². The monoisotopic (exact) mass is 475 g/mol. The lowest BCUT2D eigenvalue weighted by atomic mass is 9.71. The fourth-order valence-corrected chi connectivity index (χ4v) is 4.96. The number of carbonyl (C=O) groups excluding carboxylic acids is 2. The SMILES string of the molecule is COc1ccc([C@H]2CC(=O)C3=C(C2)NC(C)=C(C(=O)OCC(C)C)[C@@H]3c2ccccc2OC)cc1. The van der Waals surface area contributed by atoms with E-state index in [4.69, 9.17) is 14.2 Å². The van der Waals surface area contributed by atoms with E-state index in [9.17, 15) is 9.59 Å². The molecule has 1 heterocycles. The molecule has 35 heavy (non-hydrogen) atoms. The Morgan fingerprint density at radius 2 is 1.74 bits per heavy atom. The van der Waals surface area contributed by atoms with Gasteiger partial charge in [0, 0.05) is 29.0 Å². The van der Waals surface area contributed by atoms with Crippen LogP contribution in [0.5, 0.6) is 11.5 Å². The molecule has 184 valence electrons. The number of Topliss-reactive ketones (excluding diaryl/α,β-unsaturated/α-hetero) is 1. The zero-order valence-electron chi connectivity index (χ0n) is 21.0. The number of methoxy groups -OCH3 is 2. The topological polar surface area (TPSA) is 73.9 Å². The number of rotatable bonds is 7. The van der Waals surface area contributed by atoms with Crippen LogP contribution in [0.1, 0.15) is 56.6 Å². The Bertz CT molecular complexity index is 1180. The summed E-state index contributed by atoms with van der Waals surface area (Å²) in [4.78, 5) is 27.0. The molecule has 0 unspecified atom stereocenters. The van der Waals surface area contributed by atoms with Crippen LogP contribution in [0.15, 0.2) is 71.1 Å². The lowest BCUT2D eigenvalue weighted by Gasteiger charge is -2.37. The third-order valence-electron chi connectivity index (χ3n) is 6.63. The molecule has 1 N–H and O–H groups in total. The summed E-state index contributed by atoms with van der Waals surface area (Å²) in [6.07, 6.45) is 1.04. The van der Waals surface area contributed by atoms with E-state index in [1.165, 1.54) is 0 Å². The maximum atomic E-state index is 13.7. The molecule has 0 bridgehead atoms. The molecule has 0 saturated carbocycles. The number of dihydropyridines is 1. The first-order chi connectivity index (χ1) is 16.8. The lowest BCUT2D eigenvalue weighted by molar-refractivity contribution is -0.140. The second-order valence-electron chi connectivity index (χ2n) is 9.52. The Morgan fingerprint density at radius 3 is 2.40 bits per heavy atom. The highest BCUT2D eigenvalue weighted by Crippen LogP contribution is 2.47. The van der Waals surface area contributed by atoms with Gasteiger partial charge in [0.1, 0.15) is 11.5 Å². The van der Waals surface area contributed by atoms with Crippen molar-refractivity contribution in [1.82, 2.24) is 5.32 Å². The molecule has 1 aliphatic carbocycles. The summed E-state index contributed by atoms with van der Waals surface area (Å²) in [5, 5.41) is 3.40. The van der Waals surface area contributed by atoms with Gasteiger partial charge in [0.25, 0.3) is 0 Å². The van der Waals surface area contributed by atoms with E-state index >= 15 is 0 Å². The Morgan fingerprint density at radius 1 is 1.03 bits per heavy atom. The molecular weight excluding hydrogens is 442 g/mol. The molecule has 2 aromatic carbocycles. The molecule has 0 saturated heterocycles. The maximum absolute atomic E-state index is 13.7. The van der Waals surface area contributed by atoms with Crippen molar-refractivity contribution in [3.8, 4) is 11.5 Å². The van der Waals surface area contributed by atoms with Crippen molar-refractivity contribution in [2.24, 2.45) is 5.92 Å². The highest BCUT2D eigenvalue weighted by atomic mass is 16.5. The van der Waals surface area contributed by atoms with Crippen LogP contribution in [0.2, 0.25) is 0 Å². The predicted molar refractivity (Wildman–Crippen MR) is 134 cm³/mol. The number of carbonyl (C=O) groups is 2. The molecule has 6 heteroatoms. The van der Waals surface area contributed by atoms with E-state index in [2.05, 4.69) is 5.32 Å². The predicted octanol–water partition coefficient (Wildman–Crippen LogP) is 5.26. The van der Waals surface area contributed by atoms with Gasteiger partial charge >= 0.3 is 5.97 Å². The first-order valence-electron chi connectivity index (χ1n) is 12.0. The van der Waals surface area contributed by atoms with Crippen LogP contribution >= 0.6 is 0 Å². The smallest absolute Gasteiger partial charge is 0.336 e. The molecule has 0 spiro atoms. The summed E-state index contributed by atoms with van der Waals surface area (Å²) in [5.74, 6) is 0.738. The van der Waals surface area contributed by atoms with Gasteiger partial charge in [-0.3, -0.25) is 4.79 Å². The van der Waals surface area contributed by atoms with E-state index < -0.39 is 11.9 Å². The highest BCUT2D eigenvalue weighted by Gasteiger charge is 2.42. The molecule has 0 radical (unpaired) electrons. The van der Waals surface area contributed by atoms with Crippen LogP contribution in [-0.4, -0.2) is 32.6 Å². The molecule has 1 aliphatic heterocycles. The third-order valence-corrected chi connectivity index (χ3v) is 6.63. The quantitative estimate of drug-likeness (QED) is 0.551. The number of hydrogen-bond donors (Lipinski definition) is 1. The Balaban J connectivity index is 1.77. The minimum Gasteiger partial charge on any atom is -0.497 e. The Hall–Kier alpha value is -3.54. The van der Waals surface area contributed by atoms with Gasteiger partial charge in [-0.25, -0.2) is 4.79 Å². The number of benzene rings is 2. The van der Waals surface area contributed by atoms with Crippen LogP contribution in [0.4, 0.5) is 0 Å². The summed E-state index contributed by atoms with van der Waals surface area (Å²) in [6.45, 7) is 6.18. The zero-order valence-corrected chi connectivity index (χ0v) is 21.0. The maximum Gasteiger partial charge on any atom is 0.336 e. The molecule has 2 aliphatic rings. The first-order valence-corrected chi connectivity index (χ1v) is 12.0. The first kappa shape index (κ1) is 24.6. The van der Waals surface area contributed by atoms with Gasteiger partial charge in [-0.2, -0.15) is 0 Å². The summed E-state index contributed by atoms with van der Waals surface area (Å²) in [7, 11) is 3.24. The van der Waals surface area contributed by atoms with Crippen LogP contribution in [0.3, 0.4) is 0 Å². The largest absolute Gasteiger partial charge is 0.497 e. The number of esters is 1. The molecular formula is C29H33NO5. The average Bonchev–Trinajstić information content (AvgIpc) is 2.86. The van der Waals surface area contributed by atoms with Crippen LogP contribution in [0, 0.1) is 5.92 Å². The van der Waals surface area contributed by atoms with Crippen molar-refractivity contribution < 1.29 is 23.8 Å². The molecule has 4 rings (SSSR count). The second kappa shape index (κ2) is 10.4. The molecule has 2 aromatic rings. The summed E-state index contributed by atoms with van der Waals surface area (Å²) in [5.41, 5.74) is 4.53. The van der Waals surface area contributed by atoms with Gasteiger partial charge < -0.3 is 19.5 Å². The number of allylic oxidation sites excluding steroid dienone is 3. The van der Waals surface area contributed by atoms with E-state index in [0.29, 0.717) is 42.0 Å². The number of para-hydroxylation sites is 1. The van der Waals surface area contributed by atoms with Gasteiger partial charge in [-0.15, -0.1) is 0 Å². The number of ketones is 1. The van der Waals surface area contributed by atoms with Crippen LogP contribution < -0.4 is 14.8 Å². The van der Waals surface area contributed by atoms with Gasteiger partial charge in [0.15, 0.2) is 5.78 Å². The van der Waals surface area contributed by atoms with Gasteiger partial charge in [0.05, 0.1) is 32.3 Å². The molecule has 2 atom stereocenters. The standard InChI is InChI=1S/C29H33NO5/c1-17(2)16-35-29(32)26-18(3)30-23-14-20(19-10-12-21(33-4)13-11-19)15-24(31)28(23)27(26)22-8-6-7-9-25(22)34-5/h6-13,17,20,27,30H,14-16H2,1-5H3/t20-,27+/m1/s1. The Kier molecular flexibility index (Phi) is 7.29. The summed E-state index contributed by atoms with van der Waals surface area (Å²) < 4.78 is 16.6. The number of nitrogens with one attached hydrogen (secondary N) is 1. The van der Waals surface area contributed by atoms with Crippen molar-refractivity contribution in [2.75, 3.05) is 20.8 Å². The summed E-state index contributed by atoms with van der Waals surface area (Å²) >= 11 is 0. The molecule has 6 nitrogen and oxygen atoms in total. The Labute approximate surface area is 207 Å². The average molecular weight is 476 g/mol. The van der Waals surface area contributed by atoms with Gasteiger partial charge in [0.2, 0.25) is 0 Å². The minimum atomic E-state index is -0.550. The van der Waals surface area contributed by atoms with Crippen LogP contribution in [-0.2, 0) is 14.3 Å². The fourth-order valence-electron chi connectivity index (χ4n) is 4.96. The van der Waals surface area contributed by atoms with Crippen molar-refractivity contribution in [3.05, 3.63) is 82.2 Å². The molecule has 0 amide bonds. The lowest BCUT2D eigenvalue weighted by Crippen LogP contribution is -2.36. The normalized spacial score (nSPS) is 19.9. The van der Waals surface area contributed by atoms with Crippen LogP contribution in [0.25, 0.3) is 0 Å². The fraction of sp³-hybridized carbons (Fsp3) is 0.379. The number of ether oxygens (including phenoxy) is 3. The van der Waals surface area contributed by atoms with E-state index in [-0.39, 0.29) is 17.6 Å². The van der Waals surface area contributed by atoms with E-state index in [1.807, 2.05) is 69.3 Å². The van der Waals surface area contributed by atoms with Crippen molar-refractivity contribution in [3.63, 3.8) is 0 Å². The van der Waals surface area contributed by atoms with Crippen molar-refractivity contribution in [1.29, 1.82) is 0 Å². The number of hydrogen-bond acceptors (Lipinski definition) is 6. The second-order valence-corrected chi connectivity index (χ2v) is 9.52. The molecule has 0 fully saturated rings. The minimum absolute atomic E-state index is 0.0251. The summed E-state index contributed by atoms with van der Waals surface area (Å²) in [6, 6.07) is 15.4. The van der Waals surface area contributed by atoms with Crippen molar-refractivity contribution in [2.45, 2.75) is 45.4 Å². The van der Waals surface area contributed by atoms with Gasteiger partial charge in [-0.1, -0.05) is 44.2 Å². The third kappa shape index (κ3) is 4.97. The molecule has 0 aromatic heterocycles. The van der Waals surface area contributed by atoms with Gasteiger partial charge in [-0.05, 0) is 48.9 Å².